The normalized spacial score (nSPS) is 33.2. The molecule has 1 aromatic rings. The van der Waals surface area contributed by atoms with Crippen LogP contribution in [0, 0.1) is 17.8 Å². The van der Waals surface area contributed by atoms with Gasteiger partial charge in [-0.25, -0.2) is 9.97 Å². The maximum Gasteiger partial charge on any atom is 0.225 e. The van der Waals surface area contributed by atoms with Gasteiger partial charge in [0.25, 0.3) is 0 Å². The maximum absolute atomic E-state index is 12.6. The van der Waals surface area contributed by atoms with Gasteiger partial charge in [0.1, 0.15) is 0 Å². The zero-order valence-corrected chi connectivity index (χ0v) is 12.7. The second-order valence-corrected chi connectivity index (χ2v) is 6.73. The standard InChI is InChI=1S/C17H22N4O/c22-16(15-10-12-4-5-13(15)9-12)20-14-3-1-8-21(11-14)17-18-6-2-7-19-17/h2,4-7,12-15H,1,3,8-11H2,(H,20,22)/t12-,13-,14+,15-/m0/s1. The number of aromatic nitrogens is 2. The van der Waals surface area contributed by atoms with Crippen molar-refractivity contribution in [3.63, 3.8) is 0 Å². The van der Waals surface area contributed by atoms with E-state index in [2.05, 4.69) is 32.3 Å². The van der Waals surface area contributed by atoms with E-state index in [1.807, 2.05) is 6.07 Å². The van der Waals surface area contributed by atoms with Crippen LogP contribution in [-0.2, 0) is 4.79 Å². The number of hydrogen-bond acceptors (Lipinski definition) is 4. The lowest BCUT2D eigenvalue weighted by Crippen LogP contribution is -2.50. The lowest BCUT2D eigenvalue weighted by molar-refractivity contribution is -0.126. The van der Waals surface area contributed by atoms with Crippen LogP contribution in [0.2, 0.25) is 0 Å². The van der Waals surface area contributed by atoms with Crippen molar-refractivity contribution in [3.8, 4) is 0 Å². The first-order chi connectivity index (χ1) is 10.8. The highest BCUT2D eigenvalue weighted by Crippen LogP contribution is 2.43. The predicted molar refractivity (Wildman–Crippen MR) is 84.3 cm³/mol. The first kappa shape index (κ1) is 13.7. The van der Waals surface area contributed by atoms with Gasteiger partial charge in [0, 0.05) is 37.4 Å². The zero-order chi connectivity index (χ0) is 14.9. The second kappa shape index (κ2) is 5.71. The molecule has 1 aromatic heterocycles. The van der Waals surface area contributed by atoms with Crippen molar-refractivity contribution in [3.05, 3.63) is 30.6 Å². The molecule has 22 heavy (non-hydrogen) atoms. The molecule has 116 valence electrons. The molecule has 2 aliphatic carbocycles. The molecule has 0 aromatic carbocycles. The van der Waals surface area contributed by atoms with Crippen LogP contribution in [0.1, 0.15) is 25.7 Å². The fraction of sp³-hybridized carbons (Fsp3) is 0.588. The Morgan fingerprint density at radius 2 is 2.09 bits per heavy atom. The van der Waals surface area contributed by atoms with Crippen LogP contribution in [0.5, 0.6) is 0 Å². The number of piperidine rings is 1. The molecule has 3 aliphatic rings. The van der Waals surface area contributed by atoms with E-state index < -0.39 is 0 Å². The molecule has 1 saturated carbocycles. The molecule has 1 N–H and O–H groups in total. The van der Waals surface area contributed by atoms with Gasteiger partial charge in [-0.2, -0.15) is 0 Å². The largest absolute Gasteiger partial charge is 0.351 e. The molecular weight excluding hydrogens is 276 g/mol. The number of nitrogens with one attached hydrogen (secondary N) is 1. The summed E-state index contributed by atoms with van der Waals surface area (Å²) in [6, 6.07) is 2.04. The van der Waals surface area contributed by atoms with E-state index in [4.69, 9.17) is 0 Å². The van der Waals surface area contributed by atoms with Crippen LogP contribution in [0.4, 0.5) is 5.95 Å². The van der Waals surface area contributed by atoms with E-state index in [1.54, 1.807) is 12.4 Å². The Kier molecular flexibility index (Phi) is 3.56. The highest BCUT2D eigenvalue weighted by Gasteiger charge is 2.40. The minimum atomic E-state index is 0.193. The predicted octanol–water partition coefficient (Wildman–Crippen LogP) is 1.77. The third kappa shape index (κ3) is 2.60. The molecule has 5 heteroatoms. The topological polar surface area (TPSA) is 58.1 Å². The monoisotopic (exact) mass is 298 g/mol. The summed E-state index contributed by atoms with van der Waals surface area (Å²) in [6.45, 7) is 1.78. The van der Waals surface area contributed by atoms with Crippen molar-refractivity contribution in [2.75, 3.05) is 18.0 Å². The van der Waals surface area contributed by atoms with Crippen molar-refractivity contribution in [1.29, 1.82) is 0 Å². The summed E-state index contributed by atoms with van der Waals surface area (Å²) >= 11 is 0. The van der Waals surface area contributed by atoms with Crippen molar-refractivity contribution in [1.82, 2.24) is 15.3 Å². The number of carbonyl (C=O) groups excluding carboxylic acids is 1. The van der Waals surface area contributed by atoms with Crippen molar-refractivity contribution >= 4 is 11.9 Å². The quantitative estimate of drug-likeness (QED) is 0.864. The SMILES string of the molecule is O=C(N[C@@H]1CCCN(c2ncccn2)C1)[C@H]1C[C@H]2C=C[C@H]1C2. The molecule has 1 amide bonds. The number of fused-ring (bicyclic) bond motifs is 2. The first-order valence-corrected chi connectivity index (χ1v) is 8.30. The van der Waals surface area contributed by atoms with Crippen molar-refractivity contribution < 1.29 is 4.79 Å². The molecule has 4 rings (SSSR count). The molecule has 5 nitrogen and oxygen atoms in total. The number of anilines is 1. The smallest absolute Gasteiger partial charge is 0.225 e. The minimum Gasteiger partial charge on any atom is -0.351 e. The Morgan fingerprint density at radius 3 is 2.82 bits per heavy atom. The first-order valence-electron chi connectivity index (χ1n) is 8.30. The number of nitrogens with zero attached hydrogens (tertiary/aromatic N) is 3. The lowest BCUT2D eigenvalue weighted by Gasteiger charge is -2.34. The van der Waals surface area contributed by atoms with Gasteiger partial charge in [0.15, 0.2) is 0 Å². The maximum atomic E-state index is 12.6. The number of rotatable bonds is 3. The summed E-state index contributed by atoms with van der Waals surface area (Å²) in [6.07, 6.45) is 12.4. The third-order valence-corrected chi connectivity index (χ3v) is 5.22. The number of allylic oxidation sites excluding steroid dienone is 2. The zero-order valence-electron chi connectivity index (χ0n) is 12.7. The van der Waals surface area contributed by atoms with Crippen molar-refractivity contribution in [2.24, 2.45) is 17.8 Å². The summed E-state index contributed by atoms with van der Waals surface area (Å²) < 4.78 is 0. The Morgan fingerprint density at radius 1 is 1.23 bits per heavy atom. The molecule has 2 heterocycles. The molecule has 4 atom stereocenters. The minimum absolute atomic E-state index is 0.193. The van der Waals surface area contributed by atoms with E-state index in [0.29, 0.717) is 11.8 Å². The third-order valence-electron chi connectivity index (χ3n) is 5.22. The second-order valence-electron chi connectivity index (χ2n) is 6.73. The molecule has 1 aliphatic heterocycles. The molecular formula is C17H22N4O. The fourth-order valence-electron chi connectivity index (χ4n) is 4.12. The summed E-state index contributed by atoms with van der Waals surface area (Å²) in [5.41, 5.74) is 0. The van der Waals surface area contributed by atoms with Crippen LogP contribution in [0.25, 0.3) is 0 Å². The van der Waals surface area contributed by atoms with E-state index in [-0.39, 0.29) is 17.9 Å². The van der Waals surface area contributed by atoms with Crippen molar-refractivity contribution in [2.45, 2.75) is 31.7 Å². The highest BCUT2D eigenvalue weighted by atomic mass is 16.2. The van der Waals surface area contributed by atoms with E-state index in [0.717, 1.165) is 38.3 Å². The average molecular weight is 298 g/mol. The summed E-state index contributed by atoms with van der Waals surface area (Å²) in [5.74, 6) is 2.32. The summed E-state index contributed by atoms with van der Waals surface area (Å²) in [4.78, 5) is 23.4. The molecule has 2 fully saturated rings. The Labute approximate surface area is 130 Å². The van der Waals surface area contributed by atoms with Crippen LogP contribution in [0.15, 0.2) is 30.6 Å². The van der Waals surface area contributed by atoms with Gasteiger partial charge >= 0.3 is 0 Å². The van der Waals surface area contributed by atoms with Gasteiger partial charge in [-0.1, -0.05) is 12.2 Å². The fourth-order valence-corrected chi connectivity index (χ4v) is 4.12. The van der Waals surface area contributed by atoms with Gasteiger partial charge in [-0.05, 0) is 43.6 Å². The van der Waals surface area contributed by atoms with E-state index in [9.17, 15) is 4.79 Å². The van der Waals surface area contributed by atoms with Gasteiger partial charge < -0.3 is 10.2 Å². The van der Waals surface area contributed by atoms with Crippen LogP contribution < -0.4 is 10.2 Å². The highest BCUT2D eigenvalue weighted by molar-refractivity contribution is 5.80. The van der Waals surface area contributed by atoms with E-state index in [1.165, 1.54) is 6.42 Å². The molecule has 0 unspecified atom stereocenters. The van der Waals surface area contributed by atoms with Gasteiger partial charge in [0.2, 0.25) is 11.9 Å². The molecule has 2 bridgehead atoms. The summed E-state index contributed by atoms with van der Waals surface area (Å²) in [7, 11) is 0. The Bertz CT molecular complexity index is 573. The van der Waals surface area contributed by atoms with Gasteiger partial charge in [-0.3, -0.25) is 4.79 Å². The average Bonchev–Trinajstić information content (AvgIpc) is 3.19. The Balaban J connectivity index is 1.37. The van der Waals surface area contributed by atoms with Crippen LogP contribution >= 0.6 is 0 Å². The van der Waals surface area contributed by atoms with Gasteiger partial charge in [-0.15, -0.1) is 0 Å². The summed E-state index contributed by atoms with van der Waals surface area (Å²) in [5, 5.41) is 3.28. The van der Waals surface area contributed by atoms with Crippen LogP contribution in [0.3, 0.4) is 0 Å². The molecule has 0 radical (unpaired) electrons. The number of hydrogen-bond donors (Lipinski definition) is 1. The molecule has 1 saturated heterocycles. The van der Waals surface area contributed by atoms with Crippen LogP contribution in [-0.4, -0.2) is 35.0 Å². The number of amides is 1. The van der Waals surface area contributed by atoms with Gasteiger partial charge in [0.05, 0.1) is 0 Å². The lowest BCUT2D eigenvalue weighted by atomic mass is 9.92. The Hall–Kier alpha value is -1.91. The van der Waals surface area contributed by atoms with E-state index >= 15 is 0 Å². The molecule has 0 spiro atoms. The number of carbonyl (C=O) groups is 1.